The number of benzene rings is 2. The van der Waals surface area contributed by atoms with Gasteiger partial charge in [-0.2, -0.15) is 4.52 Å². The second-order valence-corrected chi connectivity index (χ2v) is 10.3. The number of anilines is 1. The highest BCUT2D eigenvalue weighted by Gasteiger charge is 2.32. The van der Waals surface area contributed by atoms with Crippen LogP contribution >= 0.6 is 11.8 Å². The number of rotatable bonds is 4. The third-order valence-electron chi connectivity index (χ3n) is 5.44. The lowest BCUT2D eigenvalue weighted by atomic mass is 10.1. The van der Waals surface area contributed by atoms with Crippen LogP contribution in [-0.4, -0.2) is 45.7 Å². The van der Waals surface area contributed by atoms with Crippen molar-refractivity contribution in [2.24, 2.45) is 5.14 Å². The second-order valence-electron chi connectivity index (χ2n) is 7.75. The minimum absolute atomic E-state index is 0.0523. The minimum Gasteiger partial charge on any atom is -0.308 e. The summed E-state index contributed by atoms with van der Waals surface area (Å²) in [6.45, 7) is 3.76. The Balaban J connectivity index is 1.44. The number of thioether (sulfide) groups is 1. The summed E-state index contributed by atoms with van der Waals surface area (Å²) in [5.41, 5.74) is 3.00. The number of para-hydroxylation sites is 1. The van der Waals surface area contributed by atoms with Crippen molar-refractivity contribution in [1.82, 2.24) is 19.6 Å². The number of nitrogens with zero attached hydrogens (tertiary/aromatic N) is 5. The van der Waals surface area contributed by atoms with Crippen LogP contribution in [0.2, 0.25) is 0 Å². The van der Waals surface area contributed by atoms with Crippen LogP contribution < -0.4 is 10.0 Å². The molecule has 9 nitrogen and oxygen atoms in total. The van der Waals surface area contributed by atoms with E-state index in [1.165, 1.54) is 17.8 Å². The summed E-state index contributed by atoms with van der Waals surface area (Å²) in [5.74, 6) is 0.689. The first-order chi connectivity index (χ1) is 15.2. The van der Waals surface area contributed by atoms with E-state index in [0.29, 0.717) is 28.7 Å². The number of aryl methyl sites for hydroxylation is 1. The van der Waals surface area contributed by atoms with E-state index < -0.39 is 10.0 Å². The molecule has 0 saturated heterocycles. The van der Waals surface area contributed by atoms with Crippen molar-refractivity contribution in [1.29, 1.82) is 0 Å². The molecule has 0 radical (unpaired) electrons. The second kappa shape index (κ2) is 7.54. The van der Waals surface area contributed by atoms with Gasteiger partial charge in [0, 0.05) is 17.1 Å². The summed E-state index contributed by atoms with van der Waals surface area (Å²) in [6, 6.07) is 12.2. The molecule has 0 bridgehead atoms. The van der Waals surface area contributed by atoms with Crippen LogP contribution in [0.3, 0.4) is 0 Å². The molecular formula is C21H20N6O3S2. The van der Waals surface area contributed by atoms with Gasteiger partial charge in [-0.05, 0) is 56.2 Å². The van der Waals surface area contributed by atoms with Gasteiger partial charge in [0.05, 0.1) is 16.2 Å². The van der Waals surface area contributed by atoms with E-state index in [1.807, 2.05) is 38.1 Å². The molecule has 1 atom stereocenters. The number of carbonyl (C=O) groups excluding carboxylic acids is 1. The zero-order chi connectivity index (χ0) is 22.6. The number of aromatic nitrogens is 4. The normalized spacial score (nSPS) is 16.1. The summed E-state index contributed by atoms with van der Waals surface area (Å²) in [4.78, 5) is 24.1. The maximum absolute atomic E-state index is 13.2. The SMILES string of the molecule is Cc1nc2c3ccccc3nc(SCC(=O)N3c4ccc(S(N)(=O)=O)cc4C[C@H]3C)n2n1. The standard InChI is InChI=1S/C21H20N6O3S2/c1-12-9-14-10-15(32(22,29)30)7-8-18(14)26(12)19(28)11-31-21-24-17-6-4-3-5-16(17)20-23-13(2)25-27(20)21/h3-8,10,12H,9,11H2,1-2H3,(H2,22,29,30)/t12-/m1/s1. The van der Waals surface area contributed by atoms with Gasteiger partial charge in [-0.25, -0.2) is 23.5 Å². The number of amides is 1. The first-order valence-corrected chi connectivity index (χ1v) is 12.5. The highest BCUT2D eigenvalue weighted by atomic mass is 32.2. The van der Waals surface area contributed by atoms with Crippen LogP contribution in [0, 0.1) is 6.92 Å². The predicted octanol–water partition coefficient (Wildman–Crippen LogP) is 2.30. The third-order valence-corrected chi connectivity index (χ3v) is 7.27. The smallest absolute Gasteiger partial charge is 0.238 e. The molecular weight excluding hydrogens is 448 g/mol. The van der Waals surface area contributed by atoms with E-state index in [2.05, 4.69) is 15.1 Å². The number of carbonyl (C=O) groups is 1. The highest BCUT2D eigenvalue weighted by molar-refractivity contribution is 7.99. The maximum Gasteiger partial charge on any atom is 0.238 e. The van der Waals surface area contributed by atoms with Crippen molar-refractivity contribution in [3.8, 4) is 0 Å². The van der Waals surface area contributed by atoms with Crippen LogP contribution in [-0.2, 0) is 21.2 Å². The predicted molar refractivity (Wildman–Crippen MR) is 122 cm³/mol. The maximum atomic E-state index is 13.2. The Morgan fingerprint density at radius 1 is 1.22 bits per heavy atom. The minimum atomic E-state index is -3.79. The average Bonchev–Trinajstić information content (AvgIpc) is 3.29. The van der Waals surface area contributed by atoms with Crippen LogP contribution in [0.4, 0.5) is 5.69 Å². The molecule has 0 spiro atoms. The molecule has 164 valence electrons. The monoisotopic (exact) mass is 468 g/mol. The van der Waals surface area contributed by atoms with Crippen LogP contribution in [0.25, 0.3) is 16.6 Å². The molecule has 0 saturated carbocycles. The Bertz CT molecular complexity index is 1500. The molecule has 1 aliphatic heterocycles. The number of nitrogens with two attached hydrogens (primary N) is 1. The molecule has 3 heterocycles. The van der Waals surface area contributed by atoms with Crippen LogP contribution in [0.15, 0.2) is 52.5 Å². The summed E-state index contributed by atoms with van der Waals surface area (Å²) >= 11 is 1.30. The Labute approximate surface area is 188 Å². The molecule has 2 aromatic carbocycles. The number of fused-ring (bicyclic) bond motifs is 4. The number of sulfonamides is 1. The van der Waals surface area contributed by atoms with Gasteiger partial charge in [-0.15, -0.1) is 5.10 Å². The summed E-state index contributed by atoms with van der Waals surface area (Å²) in [6.07, 6.45) is 0.565. The molecule has 2 aromatic heterocycles. The highest BCUT2D eigenvalue weighted by Crippen LogP contribution is 2.34. The first-order valence-electron chi connectivity index (χ1n) is 9.95. The topological polar surface area (TPSA) is 124 Å². The summed E-state index contributed by atoms with van der Waals surface area (Å²) < 4.78 is 25.0. The van der Waals surface area contributed by atoms with E-state index in [9.17, 15) is 13.2 Å². The first kappa shape index (κ1) is 20.9. The van der Waals surface area contributed by atoms with E-state index >= 15 is 0 Å². The zero-order valence-electron chi connectivity index (χ0n) is 17.4. The molecule has 4 aromatic rings. The average molecular weight is 469 g/mol. The van der Waals surface area contributed by atoms with Gasteiger partial charge in [0.15, 0.2) is 10.8 Å². The van der Waals surface area contributed by atoms with Crippen molar-refractivity contribution >= 4 is 49.9 Å². The van der Waals surface area contributed by atoms with Crippen molar-refractivity contribution in [3.05, 3.63) is 53.9 Å². The number of hydrogen-bond acceptors (Lipinski definition) is 7. The molecule has 1 aliphatic rings. The summed E-state index contributed by atoms with van der Waals surface area (Å²) in [5, 5.41) is 11.2. The largest absolute Gasteiger partial charge is 0.308 e. The fourth-order valence-corrected chi connectivity index (χ4v) is 5.46. The Kier molecular flexibility index (Phi) is 4.91. The van der Waals surface area contributed by atoms with Gasteiger partial charge in [-0.1, -0.05) is 23.9 Å². The van der Waals surface area contributed by atoms with Gasteiger partial charge in [-0.3, -0.25) is 4.79 Å². The lowest BCUT2D eigenvalue weighted by molar-refractivity contribution is -0.116. The molecule has 5 rings (SSSR count). The number of hydrogen-bond donors (Lipinski definition) is 1. The third kappa shape index (κ3) is 3.51. The fourth-order valence-electron chi connectivity index (χ4n) is 4.09. The lowest BCUT2D eigenvalue weighted by Gasteiger charge is -2.22. The molecule has 32 heavy (non-hydrogen) atoms. The molecule has 0 unspecified atom stereocenters. The quantitative estimate of drug-likeness (QED) is 0.360. The molecule has 11 heteroatoms. The Hall–Kier alpha value is -3.02. The van der Waals surface area contributed by atoms with Crippen molar-refractivity contribution in [2.75, 3.05) is 10.7 Å². The van der Waals surface area contributed by atoms with Gasteiger partial charge < -0.3 is 4.90 Å². The van der Waals surface area contributed by atoms with Crippen LogP contribution in [0.5, 0.6) is 0 Å². The van der Waals surface area contributed by atoms with Gasteiger partial charge in [0.2, 0.25) is 15.9 Å². The lowest BCUT2D eigenvalue weighted by Crippen LogP contribution is -2.37. The van der Waals surface area contributed by atoms with Crippen molar-refractivity contribution in [2.45, 2.75) is 36.4 Å². The van der Waals surface area contributed by atoms with Gasteiger partial charge >= 0.3 is 0 Å². The number of primary sulfonamides is 1. The van der Waals surface area contributed by atoms with E-state index in [4.69, 9.17) is 5.14 Å². The van der Waals surface area contributed by atoms with Crippen molar-refractivity contribution in [3.63, 3.8) is 0 Å². The van der Waals surface area contributed by atoms with Gasteiger partial charge in [0.25, 0.3) is 0 Å². The summed E-state index contributed by atoms with van der Waals surface area (Å²) in [7, 11) is -3.79. The van der Waals surface area contributed by atoms with E-state index in [0.717, 1.165) is 16.5 Å². The molecule has 2 N–H and O–H groups in total. The fraction of sp³-hybridized carbons (Fsp3) is 0.238. The molecule has 0 aliphatic carbocycles. The Morgan fingerprint density at radius 3 is 2.78 bits per heavy atom. The van der Waals surface area contributed by atoms with Crippen LogP contribution in [0.1, 0.15) is 18.3 Å². The Morgan fingerprint density at radius 2 is 2.00 bits per heavy atom. The molecule has 0 fully saturated rings. The van der Waals surface area contributed by atoms with Crippen molar-refractivity contribution < 1.29 is 13.2 Å². The van der Waals surface area contributed by atoms with E-state index in [-0.39, 0.29) is 22.6 Å². The van der Waals surface area contributed by atoms with Gasteiger partial charge in [0.1, 0.15) is 5.82 Å². The molecule has 1 amide bonds. The zero-order valence-corrected chi connectivity index (χ0v) is 19.0. The van der Waals surface area contributed by atoms with E-state index in [1.54, 1.807) is 21.5 Å².